The number of nitrogens with one attached hydrogen (secondary N) is 2. The van der Waals surface area contributed by atoms with Crippen LogP contribution in [0.25, 0.3) is 5.69 Å². The van der Waals surface area contributed by atoms with Gasteiger partial charge in [-0.3, -0.25) is 24.5 Å². The van der Waals surface area contributed by atoms with Crippen molar-refractivity contribution >= 4 is 17.5 Å². The summed E-state index contributed by atoms with van der Waals surface area (Å²) in [6.45, 7) is 4.76. The van der Waals surface area contributed by atoms with Crippen LogP contribution in [0.5, 0.6) is 0 Å². The number of para-hydroxylation sites is 2. The Bertz CT molecular complexity index is 951. The predicted molar refractivity (Wildman–Crippen MR) is 96.8 cm³/mol. The SMILES string of the molecule is Cc1cc(=O)c(C(=O)NCC(=O)NC(C)C)nn1-c1ccccc1[N+](=O)[O-]. The number of carbonyl (C=O) groups excluding carboxylic acids is 2. The third-order valence-corrected chi connectivity index (χ3v) is 3.49. The first kappa shape index (κ1) is 19.8. The van der Waals surface area contributed by atoms with E-state index < -0.39 is 27.9 Å². The molecule has 10 heteroatoms. The molecule has 2 N–H and O–H groups in total. The highest BCUT2D eigenvalue weighted by atomic mass is 16.6. The van der Waals surface area contributed by atoms with Gasteiger partial charge in [0.25, 0.3) is 11.6 Å². The van der Waals surface area contributed by atoms with Crippen molar-refractivity contribution in [2.75, 3.05) is 6.54 Å². The van der Waals surface area contributed by atoms with E-state index in [9.17, 15) is 24.5 Å². The van der Waals surface area contributed by atoms with Gasteiger partial charge in [-0.1, -0.05) is 12.1 Å². The molecule has 0 bridgehead atoms. The Morgan fingerprint density at radius 1 is 1.30 bits per heavy atom. The molecule has 1 heterocycles. The van der Waals surface area contributed by atoms with Gasteiger partial charge in [-0.15, -0.1) is 0 Å². The van der Waals surface area contributed by atoms with Crippen LogP contribution in [0.4, 0.5) is 5.69 Å². The summed E-state index contributed by atoms with van der Waals surface area (Å²) in [5.74, 6) is -1.25. The first-order valence-electron chi connectivity index (χ1n) is 8.13. The van der Waals surface area contributed by atoms with E-state index in [1.165, 1.54) is 18.2 Å². The minimum atomic E-state index is -0.841. The van der Waals surface area contributed by atoms with Crippen LogP contribution in [0.1, 0.15) is 30.0 Å². The number of carbonyl (C=O) groups is 2. The summed E-state index contributed by atoms with van der Waals surface area (Å²) < 4.78 is 1.16. The Kier molecular flexibility index (Phi) is 6.01. The average molecular weight is 373 g/mol. The van der Waals surface area contributed by atoms with Crippen molar-refractivity contribution < 1.29 is 14.5 Å². The van der Waals surface area contributed by atoms with Crippen LogP contribution >= 0.6 is 0 Å². The predicted octanol–water partition coefficient (Wildman–Crippen LogP) is 0.704. The molecule has 0 aliphatic carbocycles. The minimum Gasteiger partial charge on any atom is -0.352 e. The molecule has 27 heavy (non-hydrogen) atoms. The molecule has 142 valence electrons. The summed E-state index contributed by atoms with van der Waals surface area (Å²) in [5.41, 5.74) is -0.894. The molecule has 2 aromatic rings. The van der Waals surface area contributed by atoms with Gasteiger partial charge in [-0.2, -0.15) is 5.10 Å². The highest BCUT2D eigenvalue weighted by Crippen LogP contribution is 2.22. The van der Waals surface area contributed by atoms with E-state index in [0.717, 1.165) is 10.7 Å². The normalized spacial score (nSPS) is 10.5. The fraction of sp³-hybridized carbons (Fsp3) is 0.294. The molecule has 0 radical (unpaired) electrons. The number of nitro groups is 1. The average Bonchev–Trinajstić information content (AvgIpc) is 2.59. The van der Waals surface area contributed by atoms with Crippen LogP contribution in [0.3, 0.4) is 0 Å². The fourth-order valence-corrected chi connectivity index (χ4v) is 2.36. The molecule has 0 aliphatic heterocycles. The summed E-state index contributed by atoms with van der Waals surface area (Å²) in [7, 11) is 0. The Labute approximate surface area is 154 Å². The van der Waals surface area contributed by atoms with Crippen LogP contribution in [-0.2, 0) is 4.79 Å². The molecule has 2 rings (SSSR count). The first-order valence-corrected chi connectivity index (χ1v) is 8.13. The fourth-order valence-electron chi connectivity index (χ4n) is 2.36. The number of nitro benzene ring substituents is 1. The summed E-state index contributed by atoms with van der Waals surface area (Å²) in [4.78, 5) is 46.7. The Hall–Kier alpha value is -3.56. The lowest BCUT2D eigenvalue weighted by molar-refractivity contribution is -0.384. The molecule has 0 atom stereocenters. The lowest BCUT2D eigenvalue weighted by Crippen LogP contribution is -2.41. The molecule has 0 saturated heterocycles. The molecule has 1 aromatic heterocycles. The van der Waals surface area contributed by atoms with E-state index in [2.05, 4.69) is 15.7 Å². The largest absolute Gasteiger partial charge is 0.352 e. The first-order chi connectivity index (χ1) is 12.7. The zero-order valence-corrected chi connectivity index (χ0v) is 15.1. The Balaban J connectivity index is 2.37. The van der Waals surface area contributed by atoms with Crippen molar-refractivity contribution in [3.05, 3.63) is 62.1 Å². The molecule has 2 amide bonds. The van der Waals surface area contributed by atoms with Gasteiger partial charge in [0.2, 0.25) is 11.3 Å². The molecule has 0 aliphatic rings. The summed E-state index contributed by atoms with van der Waals surface area (Å²) in [5, 5.41) is 20.1. The lowest BCUT2D eigenvalue weighted by atomic mass is 10.2. The maximum atomic E-state index is 12.3. The summed E-state index contributed by atoms with van der Waals surface area (Å²) >= 11 is 0. The van der Waals surface area contributed by atoms with Crippen molar-refractivity contribution in [2.24, 2.45) is 0 Å². The van der Waals surface area contributed by atoms with Crippen LogP contribution in [0.15, 0.2) is 35.1 Å². The highest BCUT2D eigenvalue weighted by Gasteiger charge is 2.20. The molecule has 0 unspecified atom stereocenters. The van der Waals surface area contributed by atoms with Crippen molar-refractivity contribution in [3.63, 3.8) is 0 Å². The van der Waals surface area contributed by atoms with Crippen molar-refractivity contribution in [1.29, 1.82) is 0 Å². The number of benzene rings is 1. The molecular weight excluding hydrogens is 354 g/mol. The van der Waals surface area contributed by atoms with Gasteiger partial charge in [0.15, 0.2) is 5.69 Å². The second-order valence-electron chi connectivity index (χ2n) is 6.06. The monoisotopic (exact) mass is 373 g/mol. The van der Waals surface area contributed by atoms with Crippen LogP contribution in [0, 0.1) is 17.0 Å². The van der Waals surface area contributed by atoms with Crippen LogP contribution in [0.2, 0.25) is 0 Å². The number of rotatable bonds is 6. The number of aromatic nitrogens is 2. The number of amides is 2. The molecule has 0 saturated carbocycles. The molecule has 0 fully saturated rings. The van der Waals surface area contributed by atoms with Gasteiger partial charge < -0.3 is 10.6 Å². The second kappa shape index (κ2) is 8.21. The summed E-state index contributed by atoms with van der Waals surface area (Å²) in [6.07, 6.45) is 0. The minimum absolute atomic E-state index is 0.0947. The molecule has 0 spiro atoms. The Morgan fingerprint density at radius 3 is 2.59 bits per heavy atom. The Morgan fingerprint density at radius 2 is 1.96 bits per heavy atom. The number of hydrogen-bond donors (Lipinski definition) is 2. The van der Waals surface area contributed by atoms with Gasteiger partial charge in [-0.05, 0) is 26.8 Å². The second-order valence-corrected chi connectivity index (χ2v) is 6.06. The standard InChI is InChI=1S/C17H19N5O5/c1-10(2)19-15(24)9-18-17(25)16-14(23)8-11(3)21(20-16)12-6-4-5-7-13(12)22(26)27/h4-8,10H,9H2,1-3H3,(H,18,25)(H,19,24). The third kappa shape index (κ3) is 4.75. The zero-order chi connectivity index (χ0) is 20.1. The molecular formula is C17H19N5O5. The maximum Gasteiger partial charge on any atom is 0.294 e. The molecule has 1 aromatic carbocycles. The van der Waals surface area contributed by atoms with Crippen LogP contribution in [-0.4, -0.2) is 39.1 Å². The van der Waals surface area contributed by atoms with Gasteiger partial charge in [0.1, 0.15) is 5.69 Å². The molecule has 10 nitrogen and oxygen atoms in total. The van der Waals surface area contributed by atoms with Gasteiger partial charge in [0, 0.05) is 23.9 Å². The van der Waals surface area contributed by atoms with E-state index in [1.807, 2.05) is 0 Å². The lowest BCUT2D eigenvalue weighted by Gasteiger charge is -2.12. The van der Waals surface area contributed by atoms with Crippen molar-refractivity contribution in [3.8, 4) is 5.69 Å². The van der Waals surface area contributed by atoms with E-state index in [4.69, 9.17) is 0 Å². The number of aryl methyl sites for hydroxylation is 1. The topological polar surface area (TPSA) is 136 Å². The van der Waals surface area contributed by atoms with E-state index in [0.29, 0.717) is 5.69 Å². The van der Waals surface area contributed by atoms with Gasteiger partial charge >= 0.3 is 0 Å². The number of hydrogen-bond acceptors (Lipinski definition) is 6. The van der Waals surface area contributed by atoms with Crippen molar-refractivity contribution in [2.45, 2.75) is 26.8 Å². The van der Waals surface area contributed by atoms with Crippen molar-refractivity contribution in [1.82, 2.24) is 20.4 Å². The smallest absolute Gasteiger partial charge is 0.294 e. The van der Waals surface area contributed by atoms with Gasteiger partial charge in [0.05, 0.1) is 11.5 Å². The zero-order valence-electron chi connectivity index (χ0n) is 15.1. The third-order valence-electron chi connectivity index (χ3n) is 3.49. The maximum absolute atomic E-state index is 12.3. The highest BCUT2D eigenvalue weighted by molar-refractivity contribution is 5.94. The van der Waals surface area contributed by atoms with Crippen LogP contribution < -0.4 is 16.1 Å². The quantitative estimate of drug-likeness (QED) is 0.565. The summed E-state index contributed by atoms with van der Waals surface area (Å²) in [6, 6.07) is 6.90. The van der Waals surface area contributed by atoms with E-state index in [-0.39, 0.29) is 24.0 Å². The van der Waals surface area contributed by atoms with E-state index >= 15 is 0 Å². The van der Waals surface area contributed by atoms with Gasteiger partial charge in [-0.25, -0.2) is 4.68 Å². The van der Waals surface area contributed by atoms with E-state index in [1.54, 1.807) is 26.8 Å². The number of nitrogens with zero attached hydrogens (tertiary/aromatic N) is 3.